The maximum Gasteiger partial charge on any atom is 0.0108 e. The van der Waals surface area contributed by atoms with Gasteiger partial charge in [-0.1, -0.05) is 27.7 Å². The van der Waals surface area contributed by atoms with Crippen LogP contribution in [0.25, 0.3) is 0 Å². The smallest absolute Gasteiger partial charge is 0.0108 e. The largest absolute Gasteiger partial charge is 0.314 e. The Morgan fingerprint density at radius 1 is 1.05 bits per heavy atom. The van der Waals surface area contributed by atoms with Crippen molar-refractivity contribution >= 4 is 0 Å². The van der Waals surface area contributed by atoms with Gasteiger partial charge in [0.2, 0.25) is 0 Å². The van der Waals surface area contributed by atoms with Gasteiger partial charge in [0.25, 0.3) is 0 Å². The molecule has 2 rings (SSSR count). The van der Waals surface area contributed by atoms with Crippen LogP contribution in [0.1, 0.15) is 66.2 Å². The van der Waals surface area contributed by atoms with Crippen molar-refractivity contribution in [2.24, 2.45) is 23.2 Å². The number of nitrogens with one attached hydrogen (secondary N) is 1. The second kappa shape index (κ2) is 7.46. The lowest BCUT2D eigenvalue weighted by Gasteiger charge is -2.43. The molecule has 0 spiro atoms. The summed E-state index contributed by atoms with van der Waals surface area (Å²) < 4.78 is 0. The van der Waals surface area contributed by atoms with Crippen LogP contribution in [0.4, 0.5) is 0 Å². The molecule has 2 nitrogen and oxygen atoms in total. The van der Waals surface area contributed by atoms with Gasteiger partial charge in [-0.15, -0.1) is 0 Å². The van der Waals surface area contributed by atoms with E-state index in [-0.39, 0.29) is 0 Å². The highest BCUT2D eigenvalue weighted by Crippen LogP contribution is 2.41. The minimum atomic E-state index is 0.475. The Morgan fingerprint density at radius 2 is 1.76 bits per heavy atom. The van der Waals surface area contributed by atoms with Crippen LogP contribution in [-0.2, 0) is 0 Å². The van der Waals surface area contributed by atoms with Crippen LogP contribution < -0.4 is 5.32 Å². The first-order valence-electron chi connectivity index (χ1n) is 9.32. The van der Waals surface area contributed by atoms with Gasteiger partial charge in [-0.05, 0) is 75.3 Å². The monoisotopic (exact) mass is 294 g/mol. The van der Waals surface area contributed by atoms with Crippen molar-refractivity contribution in [1.82, 2.24) is 10.2 Å². The Morgan fingerprint density at radius 3 is 2.33 bits per heavy atom. The minimum absolute atomic E-state index is 0.475. The zero-order valence-corrected chi connectivity index (χ0v) is 15.1. The lowest BCUT2D eigenvalue weighted by atomic mass is 9.67. The van der Waals surface area contributed by atoms with Crippen molar-refractivity contribution in [3.05, 3.63) is 0 Å². The molecule has 1 N–H and O–H groups in total. The van der Waals surface area contributed by atoms with Crippen molar-refractivity contribution in [2.75, 3.05) is 26.7 Å². The van der Waals surface area contributed by atoms with E-state index < -0.39 is 0 Å². The average molecular weight is 295 g/mol. The number of hydrogen-bond donors (Lipinski definition) is 1. The fraction of sp³-hybridized carbons (Fsp3) is 1.00. The van der Waals surface area contributed by atoms with Gasteiger partial charge in [-0.2, -0.15) is 0 Å². The van der Waals surface area contributed by atoms with E-state index in [0.717, 1.165) is 23.8 Å². The van der Waals surface area contributed by atoms with Crippen LogP contribution in [0.15, 0.2) is 0 Å². The predicted octanol–water partition coefficient (Wildman–Crippen LogP) is 4.16. The molecule has 0 bridgehead atoms. The molecule has 0 saturated heterocycles. The molecule has 0 aromatic heterocycles. The molecule has 0 amide bonds. The number of rotatable bonds is 7. The highest BCUT2D eigenvalue weighted by Gasteiger charge is 2.36. The maximum atomic E-state index is 3.84. The van der Waals surface area contributed by atoms with Crippen LogP contribution in [0.5, 0.6) is 0 Å². The van der Waals surface area contributed by atoms with E-state index in [4.69, 9.17) is 0 Å². The quantitative estimate of drug-likeness (QED) is 0.758. The Balaban J connectivity index is 1.90. The molecule has 3 unspecified atom stereocenters. The van der Waals surface area contributed by atoms with Crippen molar-refractivity contribution < 1.29 is 0 Å². The van der Waals surface area contributed by atoms with Crippen molar-refractivity contribution in [2.45, 2.75) is 72.3 Å². The molecule has 21 heavy (non-hydrogen) atoms. The summed E-state index contributed by atoms with van der Waals surface area (Å²) in [5.41, 5.74) is 0.475. The topological polar surface area (TPSA) is 15.3 Å². The molecule has 2 aliphatic rings. The third-order valence-corrected chi connectivity index (χ3v) is 5.68. The molecule has 0 aliphatic heterocycles. The van der Waals surface area contributed by atoms with E-state index in [2.05, 4.69) is 45.0 Å². The fourth-order valence-corrected chi connectivity index (χ4v) is 4.07. The molecule has 124 valence electrons. The normalized spacial score (nSPS) is 30.9. The molecule has 0 aromatic rings. The summed E-state index contributed by atoms with van der Waals surface area (Å²) in [6, 6.07) is 0.755. The highest BCUT2D eigenvalue weighted by molar-refractivity contribution is 4.90. The van der Waals surface area contributed by atoms with Gasteiger partial charge in [0, 0.05) is 19.1 Å². The summed E-state index contributed by atoms with van der Waals surface area (Å²) in [5.74, 6) is 2.76. The third kappa shape index (κ3) is 5.56. The fourth-order valence-electron chi connectivity index (χ4n) is 4.07. The second-order valence-electron chi connectivity index (χ2n) is 8.86. The van der Waals surface area contributed by atoms with Gasteiger partial charge in [-0.3, -0.25) is 0 Å². The minimum Gasteiger partial charge on any atom is -0.314 e. The lowest BCUT2D eigenvalue weighted by molar-refractivity contribution is 0.0924. The Kier molecular flexibility index (Phi) is 6.14. The first-order chi connectivity index (χ1) is 9.90. The third-order valence-electron chi connectivity index (χ3n) is 5.68. The molecular weight excluding hydrogens is 256 g/mol. The molecule has 2 aliphatic carbocycles. The van der Waals surface area contributed by atoms with E-state index in [1.54, 1.807) is 0 Å². The Labute approximate surface area is 133 Å². The molecular formula is C19H38N2. The number of nitrogens with zero attached hydrogens (tertiary/aromatic N) is 1. The molecule has 2 saturated carbocycles. The standard InChI is InChI=1S/C19H38N2/c1-6-11-20-18-10-9-17(19(2,3)4)12-16(18)14-21(5)13-15-7-8-15/h15-18,20H,6-14H2,1-5H3. The van der Waals surface area contributed by atoms with Gasteiger partial charge in [0.1, 0.15) is 0 Å². The molecule has 0 heterocycles. The van der Waals surface area contributed by atoms with Crippen molar-refractivity contribution in [3.63, 3.8) is 0 Å². The van der Waals surface area contributed by atoms with E-state index in [1.807, 2.05) is 0 Å². The van der Waals surface area contributed by atoms with Gasteiger partial charge < -0.3 is 10.2 Å². The predicted molar refractivity (Wildman–Crippen MR) is 92.6 cm³/mol. The lowest BCUT2D eigenvalue weighted by Crippen LogP contribution is -2.47. The van der Waals surface area contributed by atoms with Crippen LogP contribution in [0.2, 0.25) is 0 Å². The highest BCUT2D eigenvalue weighted by atomic mass is 15.1. The molecule has 0 radical (unpaired) electrons. The van der Waals surface area contributed by atoms with Crippen LogP contribution in [0.3, 0.4) is 0 Å². The maximum absolute atomic E-state index is 3.84. The van der Waals surface area contributed by atoms with E-state index in [0.29, 0.717) is 5.41 Å². The summed E-state index contributed by atoms with van der Waals surface area (Å²) in [5, 5.41) is 3.84. The first-order valence-corrected chi connectivity index (χ1v) is 9.32. The molecule has 3 atom stereocenters. The van der Waals surface area contributed by atoms with Crippen LogP contribution >= 0.6 is 0 Å². The van der Waals surface area contributed by atoms with Crippen molar-refractivity contribution in [3.8, 4) is 0 Å². The Hall–Kier alpha value is -0.0800. The summed E-state index contributed by atoms with van der Waals surface area (Å²) >= 11 is 0. The number of hydrogen-bond acceptors (Lipinski definition) is 2. The van der Waals surface area contributed by atoms with E-state index >= 15 is 0 Å². The SMILES string of the molecule is CCCNC1CCC(C(C)(C)C)CC1CN(C)CC1CC1. The van der Waals surface area contributed by atoms with Gasteiger partial charge in [0.15, 0.2) is 0 Å². The summed E-state index contributed by atoms with van der Waals surface area (Å²) in [4.78, 5) is 2.62. The van der Waals surface area contributed by atoms with E-state index in [1.165, 1.54) is 58.2 Å². The summed E-state index contributed by atoms with van der Waals surface area (Å²) in [7, 11) is 2.34. The Bertz CT molecular complexity index is 303. The summed E-state index contributed by atoms with van der Waals surface area (Å²) in [6.45, 7) is 13.4. The van der Waals surface area contributed by atoms with Gasteiger partial charge in [0.05, 0.1) is 0 Å². The van der Waals surface area contributed by atoms with E-state index in [9.17, 15) is 0 Å². The second-order valence-corrected chi connectivity index (χ2v) is 8.86. The van der Waals surface area contributed by atoms with Gasteiger partial charge >= 0.3 is 0 Å². The molecule has 2 fully saturated rings. The summed E-state index contributed by atoms with van der Waals surface area (Å²) in [6.07, 6.45) is 8.40. The first kappa shape index (κ1) is 17.3. The van der Waals surface area contributed by atoms with Crippen LogP contribution in [-0.4, -0.2) is 37.6 Å². The van der Waals surface area contributed by atoms with Crippen molar-refractivity contribution in [1.29, 1.82) is 0 Å². The average Bonchev–Trinajstić information content (AvgIpc) is 3.19. The zero-order chi connectivity index (χ0) is 15.5. The zero-order valence-electron chi connectivity index (χ0n) is 15.1. The van der Waals surface area contributed by atoms with Crippen LogP contribution in [0, 0.1) is 23.2 Å². The molecule has 2 heteroatoms. The molecule has 0 aromatic carbocycles. The van der Waals surface area contributed by atoms with Gasteiger partial charge in [-0.25, -0.2) is 0 Å².